The molecule has 0 radical (unpaired) electrons. The first-order valence-corrected chi connectivity index (χ1v) is 6.99. The molecule has 0 aliphatic rings. The van der Waals surface area contributed by atoms with Gasteiger partial charge in [-0.15, -0.1) is 0 Å². The number of halogens is 3. The van der Waals surface area contributed by atoms with Gasteiger partial charge in [-0.2, -0.15) is 0 Å². The first-order chi connectivity index (χ1) is 8.99. The van der Waals surface area contributed by atoms with E-state index in [1.54, 1.807) is 24.3 Å². The standard InChI is InChI=1S/C13H8BrCl2NO2/c14-13(8-1-4-10(15)5-2-8)9-3-6-12(17(18)19)11(16)7-9/h1-7,13H. The van der Waals surface area contributed by atoms with Crippen molar-refractivity contribution in [2.45, 2.75) is 4.83 Å². The summed E-state index contributed by atoms with van der Waals surface area (Å²) in [6, 6.07) is 12.0. The quantitative estimate of drug-likeness (QED) is 0.418. The van der Waals surface area contributed by atoms with E-state index in [2.05, 4.69) is 15.9 Å². The highest BCUT2D eigenvalue weighted by atomic mass is 79.9. The minimum absolute atomic E-state index is 0.0944. The second kappa shape index (κ2) is 5.90. The van der Waals surface area contributed by atoms with E-state index in [1.165, 1.54) is 6.07 Å². The van der Waals surface area contributed by atoms with Crippen LogP contribution < -0.4 is 0 Å². The molecule has 3 nitrogen and oxygen atoms in total. The zero-order valence-corrected chi connectivity index (χ0v) is 12.6. The van der Waals surface area contributed by atoms with Crippen LogP contribution in [0.3, 0.4) is 0 Å². The maximum Gasteiger partial charge on any atom is 0.287 e. The van der Waals surface area contributed by atoms with Crippen molar-refractivity contribution in [2.24, 2.45) is 0 Å². The molecule has 2 aromatic carbocycles. The Kier molecular flexibility index (Phi) is 4.45. The molecule has 0 saturated heterocycles. The van der Waals surface area contributed by atoms with Crippen LogP contribution in [0.5, 0.6) is 0 Å². The average molecular weight is 361 g/mol. The molecular formula is C13H8BrCl2NO2. The van der Waals surface area contributed by atoms with Gasteiger partial charge in [-0.1, -0.05) is 57.3 Å². The summed E-state index contributed by atoms with van der Waals surface area (Å²) in [5.41, 5.74) is 1.74. The molecule has 19 heavy (non-hydrogen) atoms. The van der Waals surface area contributed by atoms with Gasteiger partial charge in [0.05, 0.1) is 9.75 Å². The number of hydrogen-bond donors (Lipinski definition) is 0. The van der Waals surface area contributed by atoms with E-state index in [-0.39, 0.29) is 15.5 Å². The first-order valence-electron chi connectivity index (χ1n) is 5.32. The molecule has 0 saturated carbocycles. The molecule has 0 fully saturated rings. The van der Waals surface area contributed by atoms with Gasteiger partial charge in [-0.3, -0.25) is 10.1 Å². The van der Waals surface area contributed by atoms with E-state index < -0.39 is 4.92 Å². The Bertz CT molecular complexity index is 617. The van der Waals surface area contributed by atoms with Gasteiger partial charge in [0.15, 0.2) is 0 Å². The van der Waals surface area contributed by atoms with E-state index in [0.717, 1.165) is 11.1 Å². The summed E-state index contributed by atoms with van der Waals surface area (Å²) in [4.78, 5) is 10.1. The highest BCUT2D eigenvalue weighted by molar-refractivity contribution is 9.09. The zero-order chi connectivity index (χ0) is 14.0. The fraction of sp³-hybridized carbons (Fsp3) is 0.0769. The van der Waals surface area contributed by atoms with Crippen LogP contribution >= 0.6 is 39.1 Å². The Labute approximate surface area is 128 Å². The monoisotopic (exact) mass is 359 g/mol. The van der Waals surface area contributed by atoms with Gasteiger partial charge < -0.3 is 0 Å². The van der Waals surface area contributed by atoms with Crippen LogP contribution in [-0.4, -0.2) is 4.92 Å². The molecule has 0 aromatic heterocycles. The Hall–Kier alpha value is -1.10. The molecule has 0 bridgehead atoms. The molecule has 0 aliphatic heterocycles. The Morgan fingerprint density at radius 2 is 1.63 bits per heavy atom. The van der Waals surface area contributed by atoms with Gasteiger partial charge in [0.25, 0.3) is 5.69 Å². The number of alkyl halides is 1. The maximum atomic E-state index is 10.7. The predicted octanol–water partition coefficient (Wildman–Crippen LogP) is 5.39. The van der Waals surface area contributed by atoms with Crippen molar-refractivity contribution in [1.82, 2.24) is 0 Å². The van der Waals surface area contributed by atoms with Crippen LogP contribution in [0.2, 0.25) is 10.0 Å². The number of nitrogens with zero attached hydrogens (tertiary/aromatic N) is 1. The lowest BCUT2D eigenvalue weighted by atomic mass is 10.0. The summed E-state index contributed by atoms with van der Waals surface area (Å²) in [6.07, 6.45) is 0. The van der Waals surface area contributed by atoms with E-state index in [4.69, 9.17) is 23.2 Å². The van der Waals surface area contributed by atoms with Crippen LogP contribution in [-0.2, 0) is 0 Å². The van der Waals surface area contributed by atoms with Gasteiger partial charge in [-0.05, 0) is 29.3 Å². The average Bonchev–Trinajstić information content (AvgIpc) is 2.38. The summed E-state index contributed by atoms with van der Waals surface area (Å²) < 4.78 is 0. The van der Waals surface area contributed by atoms with Crippen molar-refractivity contribution in [1.29, 1.82) is 0 Å². The van der Waals surface area contributed by atoms with Crippen molar-refractivity contribution >= 4 is 44.8 Å². The summed E-state index contributed by atoms with van der Waals surface area (Å²) in [6.45, 7) is 0. The minimum Gasteiger partial charge on any atom is -0.258 e. The Balaban J connectivity index is 2.34. The number of rotatable bonds is 3. The van der Waals surface area contributed by atoms with E-state index in [0.29, 0.717) is 5.02 Å². The lowest BCUT2D eigenvalue weighted by Crippen LogP contribution is -1.95. The highest BCUT2D eigenvalue weighted by Crippen LogP contribution is 2.35. The molecule has 0 aliphatic carbocycles. The maximum absolute atomic E-state index is 10.7. The fourth-order valence-electron chi connectivity index (χ4n) is 1.65. The third-order valence-electron chi connectivity index (χ3n) is 2.62. The number of benzene rings is 2. The van der Waals surface area contributed by atoms with E-state index in [1.807, 2.05) is 12.1 Å². The van der Waals surface area contributed by atoms with Gasteiger partial charge in [-0.25, -0.2) is 0 Å². The van der Waals surface area contributed by atoms with Crippen molar-refractivity contribution in [3.05, 3.63) is 73.8 Å². The third-order valence-corrected chi connectivity index (χ3v) is 4.24. The fourth-order valence-corrected chi connectivity index (χ4v) is 2.63. The molecule has 2 aromatic rings. The second-order valence-corrected chi connectivity index (χ2v) is 5.64. The van der Waals surface area contributed by atoms with Gasteiger partial charge in [0.2, 0.25) is 0 Å². The summed E-state index contributed by atoms with van der Waals surface area (Å²) >= 11 is 15.3. The molecule has 6 heteroatoms. The number of nitro groups is 1. The molecule has 0 amide bonds. The topological polar surface area (TPSA) is 43.1 Å². The first kappa shape index (κ1) is 14.3. The van der Waals surface area contributed by atoms with Crippen molar-refractivity contribution < 1.29 is 4.92 Å². The van der Waals surface area contributed by atoms with E-state index >= 15 is 0 Å². The molecule has 98 valence electrons. The SMILES string of the molecule is O=[N+]([O-])c1ccc(C(Br)c2ccc(Cl)cc2)cc1Cl. The molecule has 0 spiro atoms. The third kappa shape index (κ3) is 3.26. The molecule has 2 rings (SSSR count). The summed E-state index contributed by atoms with van der Waals surface area (Å²) in [7, 11) is 0. The lowest BCUT2D eigenvalue weighted by Gasteiger charge is -2.11. The molecule has 0 N–H and O–H groups in total. The van der Waals surface area contributed by atoms with Gasteiger partial charge >= 0.3 is 0 Å². The molecular weight excluding hydrogens is 353 g/mol. The second-order valence-electron chi connectivity index (χ2n) is 3.88. The molecule has 0 heterocycles. The number of hydrogen-bond acceptors (Lipinski definition) is 2. The van der Waals surface area contributed by atoms with Crippen LogP contribution in [0, 0.1) is 10.1 Å². The van der Waals surface area contributed by atoms with E-state index in [9.17, 15) is 10.1 Å². The number of nitro benzene ring substituents is 1. The molecule has 1 unspecified atom stereocenters. The summed E-state index contributed by atoms with van der Waals surface area (Å²) in [5.74, 6) is 0. The van der Waals surface area contributed by atoms with Crippen LogP contribution in [0.25, 0.3) is 0 Å². The largest absolute Gasteiger partial charge is 0.287 e. The van der Waals surface area contributed by atoms with Gasteiger partial charge in [0, 0.05) is 11.1 Å². The Morgan fingerprint density at radius 3 is 2.16 bits per heavy atom. The highest BCUT2D eigenvalue weighted by Gasteiger charge is 2.16. The normalized spacial score (nSPS) is 12.2. The van der Waals surface area contributed by atoms with Crippen LogP contribution in [0.4, 0.5) is 5.69 Å². The minimum atomic E-state index is -0.502. The molecule has 1 atom stereocenters. The predicted molar refractivity (Wildman–Crippen MR) is 80.3 cm³/mol. The van der Waals surface area contributed by atoms with Crippen molar-refractivity contribution in [3.63, 3.8) is 0 Å². The zero-order valence-electron chi connectivity index (χ0n) is 9.52. The van der Waals surface area contributed by atoms with Crippen molar-refractivity contribution in [3.8, 4) is 0 Å². The lowest BCUT2D eigenvalue weighted by molar-refractivity contribution is -0.384. The smallest absolute Gasteiger partial charge is 0.258 e. The van der Waals surface area contributed by atoms with Crippen LogP contribution in [0.1, 0.15) is 16.0 Å². The van der Waals surface area contributed by atoms with Gasteiger partial charge in [0.1, 0.15) is 5.02 Å². The Morgan fingerprint density at radius 1 is 1.05 bits per heavy atom. The summed E-state index contributed by atoms with van der Waals surface area (Å²) in [5, 5.41) is 11.5. The van der Waals surface area contributed by atoms with Crippen LogP contribution in [0.15, 0.2) is 42.5 Å². The van der Waals surface area contributed by atoms with Crippen molar-refractivity contribution in [2.75, 3.05) is 0 Å².